The van der Waals surface area contributed by atoms with Crippen molar-refractivity contribution in [2.24, 2.45) is 11.8 Å². The molecule has 1 atom stereocenters. The number of hydrogen-bond acceptors (Lipinski definition) is 4. The first-order valence-corrected chi connectivity index (χ1v) is 7.89. The van der Waals surface area contributed by atoms with E-state index in [1.54, 1.807) is 5.51 Å². The molecule has 0 spiro atoms. The van der Waals surface area contributed by atoms with Crippen LogP contribution in [0.15, 0.2) is 5.51 Å². The Labute approximate surface area is 129 Å². The molecule has 0 bridgehead atoms. The quantitative estimate of drug-likeness (QED) is 0.687. The van der Waals surface area contributed by atoms with E-state index in [9.17, 15) is 9.59 Å². The SMILES string of the molecule is Cc1ncsc1CNC(=O)NCC(CC(=O)O)CC(C)C. The Hall–Kier alpha value is -1.63. The van der Waals surface area contributed by atoms with Gasteiger partial charge in [-0.15, -0.1) is 11.3 Å². The maximum Gasteiger partial charge on any atom is 0.315 e. The van der Waals surface area contributed by atoms with Gasteiger partial charge in [0.2, 0.25) is 0 Å². The average Bonchev–Trinajstić information content (AvgIpc) is 2.77. The largest absolute Gasteiger partial charge is 0.481 e. The van der Waals surface area contributed by atoms with Crippen molar-refractivity contribution in [3.8, 4) is 0 Å². The van der Waals surface area contributed by atoms with Crippen molar-refractivity contribution in [2.75, 3.05) is 6.54 Å². The number of hydrogen-bond donors (Lipinski definition) is 3. The van der Waals surface area contributed by atoms with Gasteiger partial charge in [-0.05, 0) is 25.2 Å². The van der Waals surface area contributed by atoms with Crippen LogP contribution < -0.4 is 10.6 Å². The molecule has 21 heavy (non-hydrogen) atoms. The second-order valence-electron chi connectivity index (χ2n) is 5.52. The predicted octanol–water partition coefficient (Wildman–Crippen LogP) is 2.39. The molecule has 0 radical (unpaired) electrons. The Morgan fingerprint density at radius 3 is 2.62 bits per heavy atom. The summed E-state index contributed by atoms with van der Waals surface area (Å²) in [6.45, 7) is 6.80. The Balaban J connectivity index is 2.35. The third-order valence-corrected chi connectivity index (χ3v) is 4.01. The van der Waals surface area contributed by atoms with Crippen molar-refractivity contribution in [1.29, 1.82) is 0 Å². The number of aryl methyl sites for hydroxylation is 1. The van der Waals surface area contributed by atoms with Crippen molar-refractivity contribution in [2.45, 2.75) is 40.2 Å². The van der Waals surface area contributed by atoms with Crippen LogP contribution in [0.5, 0.6) is 0 Å². The van der Waals surface area contributed by atoms with Crippen LogP contribution in [0.4, 0.5) is 4.79 Å². The average molecular weight is 313 g/mol. The molecule has 1 aromatic rings. The summed E-state index contributed by atoms with van der Waals surface area (Å²) in [6, 6.07) is -0.276. The van der Waals surface area contributed by atoms with Gasteiger partial charge in [0.15, 0.2) is 0 Å². The smallest absolute Gasteiger partial charge is 0.315 e. The minimum Gasteiger partial charge on any atom is -0.481 e. The summed E-state index contributed by atoms with van der Waals surface area (Å²) in [7, 11) is 0. The minimum absolute atomic E-state index is 0.0432. The van der Waals surface area contributed by atoms with Gasteiger partial charge in [-0.2, -0.15) is 0 Å². The van der Waals surface area contributed by atoms with E-state index in [2.05, 4.69) is 15.6 Å². The predicted molar refractivity (Wildman–Crippen MR) is 82.3 cm³/mol. The number of carboxylic acid groups (broad SMARTS) is 1. The van der Waals surface area contributed by atoms with Crippen LogP contribution in [-0.4, -0.2) is 28.6 Å². The maximum atomic E-state index is 11.7. The Morgan fingerprint density at radius 1 is 1.38 bits per heavy atom. The van der Waals surface area contributed by atoms with E-state index in [0.29, 0.717) is 19.0 Å². The van der Waals surface area contributed by atoms with E-state index in [1.165, 1.54) is 11.3 Å². The fourth-order valence-corrected chi connectivity index (χ4v) is 2.83. The van der Waals surface area contributed by atoms with E-state index < -0.39 is 5.97 Å². The third kappa shape index (κ3) is 7.08. The summed E-state index contributed by atoms with van der Waals surface area (Å²) in [5.74, 6) is -0.472. The summed E-state index contributed by atoms with van der Waals surface area (Å²) in [5.41, 5.74) is 2.67. The van der Waals surface area contributed by atoms with Crippen molar-refractivity contribution < 1.29 is 14.7 Å². The normalized spacial score (nSPS) is 12.2. The lowest BCUT2D eigenvalue weighted by atomic mass is 9.94. The number of amides is 2. The Bertz CT molecular complexity index is 474. The Morgan fingerprint density at radius 2 is 2.10 bits per heavy atom. The van der Waals surface area contributed by atoms with Crippen molar-refractivity contribution in [3.05, 3.63) is 16.1 Å². The lowest BCUT2D eigenvalue weighted by Crippen LogP contribution is -2.38. The van der Waals surface area contributed by atoms with Gasteiger partial charge in [-0.25, -0.2) is 9.78 Å². The third-order valence-electron chi connectivity index (χ3n) is 3.07. The molecule has 3 N–H and O–H groups in total. The number of carbonyl (C=O) groups is 2. The number of thiazole rings is 1. The molecular formula is C14H23N3O3S. The zero-order valence-corrected chi connectivity index (χ0v) is 13.5. The molecule has 0 aliphatic carbocycles. The number of rotatable bonds is 8. The van der Waals surface area contributed by atoms with Crippen LogP contribution in [0, 0.1) is 18.8 Å². The molecule has 0 aliphatic heterocycles. The minimum atomic E-state index is -0.830. The van der Waals surface area contributed by atoms with E-state index in [-0.39, 0.29) is 18.4 Å². The second kappa shape index (κ2) is 8.61. The first kappa shape index (κ1) is 17.4. The van der Waals surface area contributed by atoms with Gasteiger partial charge in [0.05, 0.1) is 17.7 Å². The highest BCUT2D eigenvalue weighted by molar-refractivity contribution is 7.09. The zero-order chi connectivity index (χ0) is 15.8. The molecule has 118 valence electrons. The molecule has 0 saturated heterocycles. The Kier molecular flexibility index (Phi) is 7.14. The molecule has 2 amide bonds. The molecule has 1 rings (SSSR count). The summed E-state index contributed by atoms with van der Waals surface area (Å²) in [5, 5.41) is 14.4. The molecule has 1 unspecified atom stereocenters. The number of nitrogens with one attached hydrogen (secondary N) is 2. The van der Waals surface area contributed by atoms with Crippen molar-refractivity contribution in [3.63, 3.8) is 0 Å². The molecule has 1 heterocycles. The van der Waals surface area contributed by atoms with E-state index >= 15 is 0 Å². The van der Waals surface area contributed by atoms with Crippen LogP contribution in [0.3, 0.4) is 0 Å². The standard InChI is InChI=1S/C14H23N3O3S/c1-9(2)4-11(5-13(18)19)6-15-14(20)16-7-12-10(3)17-8-21-12/h8-9,11H,4-7H2,1-3H3,(H,18,19)(H2,15,16,20). The van der Waals surface area contributed by atoms with Crippen LogP contribution in [0.1, 0.15) is 37.3 Å². The molecular weight excluding hydrogens is 290 g/mol. The van der Waals surface area contributed by atoms with E-state index in [1.807, 2.05) is 20.8 Å². The van der Waals surface area contributed by atoms with E-state index in [4.69, 9.17) is 5.11 Å². The van der Waals surface area contributed by atoms with Gasteiger partial charge in [-0.1, -0.05) is 13.8 Å². The van der Waals surface area contributed by atoms with Crippen LogP contribution in [-0.2, 0) is 11.3 Å². The van der Waals surface area contributed by atoms with Gasteiger partial charge in [-0.3, -0.25) is 4.79 Å². The molecule has 0 aliphatic rings. The van der Waals surface area contributed by atoms with E-state index in [0.717, 1.165) is 17.0 Å². The summed E-state index contributed by atoms with van der Waals surface area (Å²) >= 11 is 1.50. The highest BCUT2D eigenvalue weighted by atomic mass is 32.1. The highest BCUT2D eigenvalue weighted by Crippen LogP contribution is 2.15. The summed E-state index contributed by atoms with van der Waals surface area (Å²) in [4.78, 5) is 27.7. The lowest BCUT2D eigenvalue weighted by molar-refractivity contribution is -0.138. The van der Waals surface area contributed by atoms with Crippen molar-refractivity contribution >= 4 is 23.3 Å². The van der Waals surface area contributed by atoms with Crippen molar-refractivity contribution in [1.82, 2.24) is 15.6 Å². The zero-order valence-electron chi connectivity index (χ0n) is 12.7. The van der Waals surface area contributed by atoms with Crippen LogP contribution >= 0.6 is 11.3 Å². The number of carboxylic acids is 1. The van der Waals surface area contributed by atoms with Gasteiger partial charge in [0.1, 0.15) is 0 Å². The molecule has 0 saturated carbocycles. The molecule has 7 heteroatoms. The lowest BCUT2D eigenvalue weighted by Gasteiger charge is -2.18. The first-order valence-electron chi connectivity index (χ1n) is 7.01. The van der Waals surface area contributed by atoms with Gasteiger partial charge < -0.3 is 15.7 Å². The number of carbonyl (C=O) groups excluding carboxylic acids is 1. The monoisotopic (exact) mass is 313 g/mol. The first-order chi connectivity index (χ1) is 9.88. The number of aromatic nitrogens is 1. The molecule has 0 aromatic carbocycles. The molecule has 0 fully saturated rings. The maximum absolute atomic E-state index is 11.7. The van der Waals surface area contributed by atoms with Crippen LogP contribution in [0.25, 0.3) is 0 Å². The number of nitrogens with zero attached hydrogens (tertiary/aromatic N) is 1. The fourth-order valence-electron chi connectivity index (χ4n) is 2.11. The van der Waals surface area contributed by atoms with Gasteiger partial charge in [0.25, 0.3) is 0 Å². The highest BCUT2D eigenvalue weighted by Gasteiger charge is 2.16. The second-order valence-corrected chi connectivity index (χ2v) is 6.46. The fraction of sp³-hybridized carbons (Fsp3) is 0.643. The molecule has 1 aromatic heterocycles. The topological polar surface area (TPSA) is 91.3 Å². The van der Waals surface area contributed by atoms with Gasteiger partial charge in [0, 0.05) is 17.8 Å². The number of urea groups is 1. The number of aliphatic carboxylic acids is 1. The summed E-state index contributed by atoms with van der Waals surface area (Å²) in [6.07, 6.45) is 0.854. The summed E-state index contributed by atoms with van der Waals surface area (Å²) < 4.78 is 0. The van der Waals surface area contributed by atoms with Gasteiger partial charge >= 0.3 is 12.0 Å². The molecule has 6 nitrogen and oxygen atoms in total. The van der Waals surface area contributed by atoms with Crippen LogP contribution in [0.2, 0.25) is 0 Å².